The monoisotopic (exact) mass is 392 g/mol. The molecule has 4 rings (SSSR count). The molecule has 2 aliphatic rings. The third kappa shape index (κ3) is 5.51. The van der Waals surface area contributed by atoms with Crippen molar-refractivity contribution in [1.29, 1.82) is 0 Å². The average molecular weight is 393 g/mol. The van der Waals surface area contributed by atoms with Crippen molar-refractivity contribution >= 4 is 17.4 Å². The third-order valence-electron chi connectivity index (χ3n) is 6.02. The molecule has 5 heteroatoms. The maximum absolute atomic E-state index is 12.6. The van der Waals surface area contributed by atoms with Gasteiger partial charge < -0.3 is 15.5 Å². The third-order valence-corrected chi connectivity index (χ3v) is 6.02. The molecule has 2 heterocycles. The van der Waals surface area contributed by atoms with Gasteiger partial charge in [0.25, 0.3) is 0 Å². The van der Waals surface area contributed by atoms with Crippen LogP contribution < -0.4 is 15.5 Å². The van der Waals surface area contributed by atoms with E-state index >= 15 is 0 Å². The number of urea groups is 1. The zero-order valence-corrected chi connectivity index (χ0v) is 17.1. The molecule has 0 spiro atoms. The molecular formula is C24H32N4O. The summed E-state index contributed by atoms with van der Waals surface area (Å²) in [6.45, 7) is 5.16. The van der Waals surface area contributed by atoms with Crippen molar-refractivity contribution in [2.45, 2.75) is 44.7 Å². The standard InChI is InChI=1S/C24H32N4O/c29-24(26-22-11-5-6-12-23(22)28-15-7-2-8-16-28)25-21-13-17-27(18-14-21)19-20-9-3-1-4-10-20/h1,3-6,9-12,21H,2,7-8,13-19H2,(H2,25,26,29). The van der Waals surface area contributed by atoms with Crippen molar-refractivity contribution in [3.05, 3.63) is 60.2 Å². The number of benzene rings is 2. The predicted molar refractivity (Wildman–Crippen MR) is 119 cm³/mol. The van der Waals surface area contributed by atoms with Crippen molar-refractivity contribution in [2.24, 2.45) is 0 Å². The van der Waals surface area contributed by atoms with Gasteiger partial charge in [0.1, 0.15) is 0 Å². The lowest BCUT2D eigenvalue weighted by Gasteiger charge is -2.33. The Hall–Kier alpha value is -2.53. The number of likely N-dealkylation sites (tertiary alicyclic amines) is 1. The second-order valence-electron chi connectivity index (χ2n) is 8.20. The predicted octanol–water partition coefficient (Wildman–Crippen LogP) is 4.46. The van der Waals surface area contributed by atoms with Crippen LogP contribution in [-0.4, -0.2) is 43.2 Å². The number of carbonyl (C=O) groups excluding carboxylic acids is 1. The lowest BCUT2D eigenvalue weighted by molar-refractivity contribution is 0.190. The van der Waals surface area contributed by atoms with Crippen LogP contribution in [0.2, 0.25) is 0 Å². The van der Waals surface area contributed by atoms with Gasteiger partial charge in [0, 0.05) is 38.8 Å². The Balaban J connectivity index is 1.27. The number of amides is 2. The number of piperidine rings is 2. The molecule has 2 amide bonds. The summed E-state index contributed by atoms with van der Waals surface area (Å²) in [4.78, 5) is 17.5. The Kier molecular flexibility index (Phi) is 6.67. The first-order valence-corrected chi connectivity index (χ1v) is 11.0. The zero-order chi connectivity index (χ0) is 19.9. The summed E-state index contributed by atoms with van der Waals surface area (Å²) in [5, 5.41) is 6.29. The maximum atomic E-state index is 12.6. The van der Waals surface area contributed by atoms with Gasteiger partial charge in [-0.15, -0.1) is 0 Å². The summed E-state index contributed by atoms with van der Waals surface area (Å²) in [6.07, 6.45) is 5.74. The number of para-hydroxylation sites is 2. The quantitative estimate of drug-likeness (QED) is 0.790. The molecule has 2 aromatic rings. The second-order valence-corrected chi connectivity index (χ2v) is 8.20. The van der Waals surface area contributed by atoms with E-state index in [4.69, 9.17) is 0 Å². The van der Waals surface area contributed by atoms with E-state index in [0.717, 1.165) is 56.9 Å². The summed E-state index contributed by atoms with van der Waals surface area (Å²) in [7, 11) is 0. The lowest BCUT2D eigenvalue weighted by atomic mass is 10.0. The highest BCUT2D eigenvalue weighted by Gasteiger charge is 2.21. The van der Waals surface area contributed by atoms with Gasteiger partial charge in [-0.2, -0.15) is 0 Å². The molecule has 2 saturated heterocycles. The van der Waals surface area contributed by atoms with E-state index in [1.165, 1.54) is 24.8 Å². The maximum Gasteiger partial charge on any atom is 0.319 e. The van der Waals surface area contributed by atoms with Gasteiger partial charge in [-0.05, 0) is 49.8 Å². The number of rotatable bonds is 5. The average Bonchev–Trinajstić information content (AvgIpc) is 2.77. The molecule has 5 nitrogen and oxygen atoms in total. The summed E-state index contributed by atoms with van der Waals surface area (Å²) >= 11 is 0. The molecule has 0 atom stereocenters. The highest BCUT2D eigenvalue weighted by molar-refractivity contribution is 5.93. The van der Waals surface area contributed by atoms with Crippen LogP contribution in [0.15, 0.2) is 54.6 Å². The van der Waals surface area contributed by atoms with E-state index in [1.807, 2.05) is 12.1 Å². The normalized spacial score (nSPS) is 18.4. The van der Waals surface area contributed by atoms with Crippen LogP contribution >= 0.6 is 0 Å². The first kappa shape index (κ1) is 19.8. The van der Waals surface area contributed by atoms with Crippen LogP contribution in [0.5, 0.6) is 0 Å². The Morgan fingerprint density at radius 2 is 1.55 bits per heavy atom. The number of hydrogen-bond acceptors (Lipinski definition) is 3. The molecule has 0 bridgehead atoms. The minimum Gasteiger partial charge on any atom is -0.370 e. The Morgan fingerprint density at radius 3 is 2.31 bits per heavy atom. The van der Waals surface area contributed by atoms with Gasteiger partial charge in [-0.3, -0.25) is 4.90 Å². The first-order chi connectivity index (χ1) is 14.3. The van der Waals surface area contributed by atoms with E-state index < -0.39 is 0 Å². The number of nitrogens with one attached hydrogen (secondary N) is 2. The lowest BCUT2D eigenvalue weighted by Crippen LogP contribution is -2.45. The molecule has 0 aromatic heterocycles. The smallest absolute Gasteiger partial charge is 0.319 e. The summed E-state index contributed by atoms with van der Waals surface area (Å²) in [5.41, 5.74) is 3.40. The molecule has 2 aliphatic heterocycles. The minimum atomic E-state index is -0.0871. The summed E-state index contributed by atoms with van der Waals surface area (Å²) in [6, 6.07) is 18.9. The van der Waals surface area contributed by atoms with E-state index in [0.29, 0.717) is 0 Å². The van der Waals surface area contributed by atoms with Gasteiger partial charge >= 0.3 is 6.03 Å². The van der Waals surface area contributed by atoms with Crippen molar-refractivity contribution < 1.29 is 4.79 Å². The van der Waals surface area contributed by atoms with Crippen LogP contribution in [0.4, 0.5) is 16.2 Å². The highest BCUT2D eigenvalue weighted by Crippen LogP contribution is 2.28. The second kappa shape index (κ2) is 9.79. The molecule has 0 radical (unpaired) electrons. The van der Waals surface area contributed by atoms with Crippen molar-refractivity contribution in [3.63, 3.8) is 0 Å². The number of carbonyl (C=O) groups is 1. The van der Waals surface area contributed by atoms with Crippen LogP contribution in [0.1, 0.15) is 37.7 Å². The van der Waals surface area contributed by atoms with E-state index in [9.17, 15) is 4.79 Å². The van der Waals surface area contributed by atoms with Crippen LogP contribution in [0, 0.1) is 0 Å². The molecule has 0 unspecified atom stereocenters. The van der Waals surface area contributed by atoms with Crippen LogP contribution in [-0.2, 0) is 6.54 Å². The number of nitrogens with zero attached hydrogens (tertiary/aromatic N) is 2. The molecular weight excluding hydrogens is 360 g/mol. The zero-order valence-electron chi connectivity index (χ0n) is 17.1. The van der Waals surface area contributed by atoms with Crippen molar-refractivity contribution in [2.75, 3.05) is 36.4 Å². The Bertz CT molecular complexity index is 780. The summed E-state index contributed by atoms with van der Waals surface area (Å²) in [5.74, 6) is 0. The van der Waals surface area contributed by atoms with E-state index in [1.54, 1.807) is 0 Å². The number of hydrogen-bond donors (Lipinski definition) is 2. The fourth-order valence-electron chi connectivity index (χ4n) is 4.41. The van der Waals surface area contributed by atoms with Crippen molar-refractivity contribution in [3.8, 4) is 0 Å². The Labute approximate surface area is 174 Å². The molecule has 2 aromatic carbocycles. The molecule has 0 aliphatic carbocycles. The van der Waals surface area contributed by atoms with E-state index in [-0.39, 0.29) is 12.1 Å². The molecule has 154 valence electrons. The fourth-order valence-corrected chi connectivity index (χ4v) is 4.41. The Morgan fingerprint density at radius 1 is 0.862 bits per heavy atom. The molecule has 0 saturated carbocycles. The van der Waals surface area contributed by atoms with Crippen LogP contribution in [0.3, 0.4) is 0 Å². The largest absolute Gasteiger partial charge is 0.370 e. The minimum absolute atomic E-state index is 0.0871. The molecule has 2 fully saturated rings. The highest BCUT2D eigenvalue weighted by atomic mass is 16.2. The van der Waals surface area contributed by atoms with Gasteiger partial charge in [-0.1, -0.05) is 42.5 Å². The van der Waals surface area contributed by atoms with Gasteiger partial charge in [-0.25, -0.2) is 4.79 Å². The fraction of sp³-hybridized carbons (Fsp3) is 0.458. The number of anilines is 2. The van der Waals surface area contributed by atoms with Gasteiger partial charge in [0.15, 0.2) is 0 Å². The molecule has 2 N–H and O–H groups in total. The topological polar surface area (TPSA) is 47.6 Å². The SMILES string of the molecule is O=C(Nc1ccccc1N1CCCCC1)NC1CCN(Cc2ccccc2)CC1. The first-order valence-electron chi connectivity index (χ1n) is 11.0. The van der Waals surface area contributed by atoms with E-state index in [2.05, 4.69) is 62.9 Å². The van der Waals surface area contributed by atoms with Gasteiger partial charge in [0.2, 0.25) is 0 Å². The van der Waals surface area contributed by atoms with Crippen molar-refractivity contribution in [1.82, 2.24) is 10.2 Å². The molecule has 29 heavy (non-hydrogen) atoms. The van der Waals surface area contributed by atoms with Gasteiger partial charge in [0.05, 0.1) is 11.4 Å². The van der Waals surface area contributed by atoms with Crippen LogP contribution in [0.25, 0.3) is 0 Å². The summed E-state index contributed by atoms with van der Waals surface area (Å²) < 4.78 is 0.